The molecule has 6 heteroatoms. The van der Waals surface area contributed by atoms with Crippen LogP contribution >= 0.6 is 11.6 Å². The molecule has 20 heavy (non-hydrogen) atoms. The summed E-state index contributed by atoms with van der Waals surface area (Å²) < 4.78 is 0. The number of hydrogen-bond acceptors (Lipinski definition) is 3. The zero-order valence-corrected chi connectivity index (χ0v) is 11.3. The van der Waals surface area contributed by atoms with Crippen LogP contribution in [0.2, 0.25) is 5.02 Å². The lowest BCUT2D eigenvalue weighted by atomic mass is 10.1. The van der Waals surface area contributed by atoms with Gasteiger partial charge in [0.2, 0.25) is 0 Å². The number of aromatic carboxylic acids is 1. The molecule has 1 heterocycles. The van der Waals surface area contributed by atoms with Crippen LogP contribution in [0.1, 0.15) is 26.3 Å². The van der Waals surface area contributed by atoms with Crippen molar-refractivity contribution in [2.75, 3.05) is 5.32 Å². The van der Waals surface area contributed by atoms with Crippen LogP contribution in [-0.4, -0.2) is 22.0 Å². The average Bonchev–Trinajstić information content (AvgIpc) is 2.38. The van der Waals surface area contributed by atoms with E-state index in [1.807, 2.05) is 0 Å². The summed E-state index contributed by atoms with van der Waals surface area (Å²) in [4.78, 5) is 27.1. The van der Waals surface area contributed by atoms with Crippen molar-refractivity contribution in [2.24, 2.45) is 0 Å². The molecular formula is C14H11ClN2O3. The molecule has 2 rings (SSSR count). The Bertz CT molecular complexity index is 686. The fourth-order valence-corrected chi connectivity index (χ4v) is 2.01. The predicted molar refractivity (Wildman–Crippen MR) is 75.3 cm³/mol. The highest BCUT2D eigenvalue weighted by Crippen LogP contribution is 2.21. The van der Waals surface area contributed by atoms with Crippen molar-refractivity contribution in [1.29, 1.82) is 0 Å². The molecule has 0 aliphatic carbocycles. The molecule has 1 aromatic heterocycles. The Morgan fingerprint density at radius 2 is 2.05 bits per heavy atom. The molecule has 0 fully saturated rings. The number of carbonyl (C=O) groups is 2. The summed E-state index contributed by atoms with van der Waals surface area (Å²) in [6.07, 6.45) is 2.79. The number of rotatable bonds is 3. The average molecular weight is 291 g/mol. The van der Waals surface area contributed by atoms with E-state index in [1.165, 1.54) is 24.5 Å². The van der Waals surface area contributed by atoms with Gasteiger partial charge in [0, 0.05) is 12.4 Å². The minimum Gasteiger partial charge on any atom is -0.478 e. The van der Waals surface area contributed by atoms with Crippen LogP contribution in [-0.2, 0) is 0 Å². The van der Waals surface area contributed by atoms with Gasteiger partial charge in [0.25, 0.3) is 5.91 Å². The maximum Gasteiger partial charge on any atom is 0.338 e. The highest BCUT2D eigenvalue weighted by Gasteiger charge is 2.16. The summed E-state index contributed by atoms with van der Waals surface area (Å²) in [6.45, 7) is 1.67. The molecule has 0 spiro atoms. The molecule has 2 N–H and O–H groups in total. The van der Waals surface area contributed by atoms with Gasteiger partial charge in [-0.1, -0.05) is 23.7 Å². The Labute approximate surface area is 120 Å². The first-order valence-corrected chi connectivity index (χ1v) is 6.12. The van der Waals surface area contributed by atoms with Crippen molar-refractivity contribution < 1.29 is 14.7 Å². The molecule has 0 radical (unpaired) electrons. The first kappa shape index (κ1) is 14.0. The van der Waals surface area contributed by atoms with Gasteiger partial charge in [-0.05, 0) is 24.6 Å². The number of carboxylic acid groups (broad SMARTS) is 1. The van der Waals surface area contributed by atoms with E-state index >= 15 is 0 Å². The predicted octanol–water partition coefficient (Wildman–Crippen LogP) is 2.99. The van der Waals surface area contributed by atoms with Crippen molar-refractivity contribution in [2.45, 2.75) is 6.92 Å². The Kier molecular flexibility index (Phi) is 4.00. The quantitative estimate of drug-likeness (QED) is 0.911. The van der Waals surface area contributed by atoms with Crippen molar-refractivity contribution >= 4 is 29.2 Å². The number of halogens is 1. The number of pyridine rings is 1. The highest BCUT2D eigenvalue weighted by atomic mass is 35.5. The Morgan fingerprint density at radius 1 is 1.30 bits per heavy atom. The fourth-order valence-electron chi connectivity index (χ4n) is 1.80. The standard InChI is InChI=1S/C14H11ClN2O3/c1-8-3-2-4-11(12(8)14(19)20)17-13(18)9-5-6-16-7-10(9)15/h2-7H,1H3,(H,17,18)(H,19,20). The number of nitrogens with zero attached hydrogens (tertiary/aromatic N) is 1. The minimum absolute atomic E-state index is 0.0611. The molecule has 102 valence electrons. The van der Waals surface area contributed by atoms with Gasteiger partial charge in [-0.3, -0.25) is 9.78 Å². The summed E-state index contributed by atoms with van der Waals surface area (Å²) in [5, 5.41) is 12.0. The molecule has 0 atom stereocenters. The SMILES string of the molecule is Cc1cccc(NC(=O)c2ccncc2Cl)c1C(=O)O. The molecule has 1 amide bonds. The number of anilines is 1. The van der Waals surface area contributed by atoms with Gasteiger partial charge < -0.3 is 10.4 Å². The van der Waals surface area contributed by atoms with Crippen LogP contribution < -0.4 is 5.32 Å². The van der Waals surface area contributed by atoms with Crippen LogP contribution in [0, 0.1) is 6.92 Å². The Balaban J connectivity index is 2.36. The maximum atomic E-state index is 12.1. The van der Waals surface area contributed by atoms with E-state index in [4.69, 9.17) is 11.6 Å². The summed E-state index contributed by atoms with van der Waals surface area (Å²) >= 11 is 5.88. The third kappa shape index (κ3) is 2.78. The van der Waals surface area contributed by atoms with Gasteiger partial charge in [-0.15, -0.1) is 0 Å². The lowest BCUT2D eigenvalue weighted by Crippen LogP contribution is -2.16. The summed E-state index contributed by atoms with van der Waals surface area (Å²) in [6, 6.07) is 6.33. The second-order valence-corrected chi connectivity index (χ2v) is 4.52. The zero-order valence-electron chi connectivity index (χ0n) is 10.6. The number of aryl methyl sites for hydroxylation is 1. The van der Waals surface area contributed by atoms with Crippen molar-refractivity contribution in [3.63, 3.8) is 0 Å². The van der Waals surface area contributed by atoms with Crippen LogP contribution in [0.25, 0.3) is 0 Å². The number of hydrogen-bond donors (Lipinski definition) is 2. The Hall–Kier alpha value is -2.40. The largest absolute Gasteiger partial charge is 0.478 e. The number of benzene rings is 1. The molecule has 5 nitrogen and oxygen atoms in total. The molecule has 2 aromatic rings. The second-order valence-electron chi connectivity index (χ2n) is 4.11. The fraction of sp³-hybridized carbons (Fsp3) is 0.0714. The summed E-state index contributed by atoms with van der Waals surface area (Å²) in [5.41, 5.74) is 1.09. The van der Waals surface area contributed by atoms with Gasteiger partial charge in [-0.25, -0.2) is 4.79 Å². The number of aromatic nitrogens is 1. The maximum absolute atomic E-state index is 12.1. The first-order chi connectivity index (χ1) is 9.50. The molecule has 0 saturated carbocycles. The van der Waals surface area contributed by atoms with Gasteiger partial charge >= 0.3 is 5.97 Å². The molecule has 0 bridgehead atoms. The topological polar surface area (TPSA) is 79.3 Å². The van der Waals surface area contributed by atoms with Crippen LogP contribution in [0.5, 0.6) is 0 Å². The third-order valence-corrected chi connectivity index (χ3v) is 3.05. The monoisotopic (exact) mass is 290 g/mol. The van der Waals surface area contributed by atoms with Gasteiger partial charge in [0.05, 0.1) is 21.8 Å². The lowest BCUT2D eigenvalue weighted by Gasteiger charge is -2.11. The van der Waals surface area contributed by atoms with E-state index in [2.05, 4.69) is 10.3 Å². The lowest BCUT2D eigenvalue weighted by molar-refractivity contribution is 0.0697. The van der Waals surface area contributed by atoms with Crippen LogP contribution in [0.4, 0.5) is 5.69 Å². The van der Waals surface area contributed by atoms with Gasteiger partial charge in [0.1, 0.15) is 0 Å². The molecule has 1 aromatic carbocycles. The Morgan fingerprint density at radius 3 is 2.70 bits per heavy atom. The summed E-state index contributed by atoms with van der Waals surface area (Å²) in [7, 11) is 0. The van der Waals surface area contributed by atoms with Crippen molar-refractivity contribution in [1.82, 2.24) is 4.98 Å². The molecule has 0 saturated heterocycles. The zero-order chi connectivity index (χ0) is 14.7. The number of carbonyl (C=O) groups excluding carboxylic acids is 1. The van der Waals surface area contributed by atoms with E-state index in [0.717, 1.165) is 0 Å². The normalized spacial score (nSPS) is 10.1. The number of carboxylic acids is 1. The molecular weight excluding hydrogens is 280 g/mol. The third-order valence-electron chi connectivity index (χ3n) is 2.75. The van der Waals surface area contributed by atoms with E-state index in [0.29, 0.717) is 5.56 Å². The molecule has 0 unspecified atom stereocenters. The number of amides is 1. The van der Waals surface area contributed by atoms with Crippen molar-refractivity contribution in [3.8, 4) is 0 Å². The van der Waals surface area contributed by atoms with Gasteiger partial charge in [-0.2, -0.15) is 0 Å². The van der Waals surface area contributed by atoms with Gasteiger partial charge in [0.15, 0.2) is 0 Å². The minimum atomic E-state index is -1.10. The van der Waals surface area contributed by atoms with Crippen LogP contribution in [0.15, 0.2) is 36.7 Å². The highest BCUT2D eigenvalue weighted by molar-refractivity contribution is 6.34. The summed E-state index contributed by atoms with van der Waals surface area (Å²) in [5.74, 6) is -1.58. The molecule has 0 aliphatic heterocycles. The van der Waals surface area contributed by atoms with Crippen LogP contribution in [0.3, 0.4) is 0 Å². The molecule has 0 aliphatic rings. The van der Waals surface area contributed by atoms with E-state index in [-0.39, 0.29) is 21.8 Å². The van der Waals surface area contributed by atoms with E-state index in [1.54, 1.807) is 19.1 Å². The second kappa shape index (κ2) is 5.71. The van der Waals surface area contributed by atoms with E-state index in [9.17, 15) is 14.7 Å². The number of nitrogens with one attached hydrogen (secondary N) is 1. The van der Waals surface area contributed by atoms with E-state index < -0.39 is 11.9 Å². The first-order valence-electron chi connectivity index (χ1n) is 5.74. The smallest absolute Gasteiger partial charge is 0.338 e. The van der Waals surface area contributed by atoms with Crippen molar-refractivity contribution in [3.05, 3.63) is 58.4 Å².